The summed E-state index contributed by atoms with van der Waals surface area (Å²) in [7, 11) is 0. The number of phenolic OH excluding ortho intramolecular Hbond substituents is 1. The fraction of sp³-hybridized carbons (Fsp3) is 0.611. The van der Waals surface area contributed by atoms with E-state index < -0.39 is 5.82 Å². The van der Waals surface area contributed by atoms with Gasteiger partial charge in [0.1, 0.15) is 0 Å². The molecule has 2 rings (SSSR count). The number of benzene rings is 1. The maximum Gasteiger partial charge on any atom is 0.191 e. The summed E-state index contributed by atoms with van der Waals surface area (Å²) in [5.41, 5.74) is 0.685. The fourth-order valence-corrected chi connectivity index (χ4v) is 2.74. The first-order valence-corrected chi connectivity index (χ1v) is 8.75. The van der Waals surface area contributed by atoms with Gasteiger partial charge in [0.15, 0.2) is 17.5 Å². The van der Waals surface area contributed by atoms with Crippen molar-refractivity contribution in [3.05, 3.63) is 29.6 Å². The summed E-state index contributed by atoms with van der Waals surface area (Å²) in [6.07, 6.45) is 0. The first-order valence-electron chi connectivity index (χ1n) is 8.75. The highest BCUT2D eigenvalue weighted by atomic mass is 19.1. The van der Waals surface area contributed by atoms with Crippen LogP contribution in [0.4, 0.5) is 4.39 Å². The highest BCUT2D eigenvalue weighted by Crippen LogP contribution is 2.17. The minimum Gasteiger partial charge on any atom is -0.505 e. The number of hydrogen-bond acceptors (Lipinski definition) is 4. The van der Waals surface area contributed by atoms with Crippen LogP contribution in [0.25, 0.3) is 0 Å². The lowest BCUT2D eigenvalue weighted by atomic mass is 10.0. The van der Waals surface area contributed by atoms with Crippen molar-refractivity contribution in [2.75, 3.05) is 39.4 Å². The van der Waals surface area contributed by atoms with Crippen LogP contribution in [0.2, 0.25) is 0 Å². The van der Waals surface area contributed by atoms with Crippen molar-refractivity contribution in [1.82, 2.24) is 15.5 Å². The second-order valence-electron chi connectivity index (χ2n) is 6.75. The monoisotopic (exact) mass is 352 g/mol. The number of phenols is 1. The molecule has 1 saturated heterocycles. The molecule has 0 saturated carbocycles. The predicted octanol–water partition coefficient (Wildman–Crippen LogP) is 1.70. The number of ether oxygens (including phenoxy) is 1. The molecule has 1 aromatic carbocycles. The molecule has 0 radical (unpaired) electrons. The topological polar surface area (TPSA) is 69.1 Å². The Morgan fingerprint density at radius 2 is 2.04 bits per heavy atom. The molecule has 0 aliphatic carbocycles. The average molecular weight is 352 g/mol. The van der Waals surface area contributed by atoms with Crippen molar-refractivity contribution in [1.29, 1.82) is 0 Å². The zero-order valence-corrected chi connectivity index (χ0v) is 15.3. The maximum absolute atomic E-state index is 13.4. The van der Waals surface area contributed by atoms with Gasteiger partial charge in [-0.15, -0.1) is 0 Å². The molecular formula is C18H29FN4O2. The minimum absolute atomic E-state index is 0.0232. The Bertz CT molecular complexity index is 586. The molecule has 1 aliphatic heterocycles. The Morgan fingerprint density at radius 1 is 1.32 bits per heavy atom. The Kier molecular flexibility index (Phi) is 7.01. The SMILES string of the molecule is CCNC(=NCc1ccc(O)c(F)c1)NCC(C)(C)N1CCOCC1. The van der Waals surface area contributed by atoms with Gasteiger partial charge >= 0.3 is 0 Å². The van der Waals surface area contributed by atoms with E-state index in [9.17, 15) is 9.50 Å². The van der Waals surface area contributed by atoms with Crippen LogP contribution in [-0.4, -0.2) is 60.9 Å². The van der Waals surface area contributed by atoms with Crippen molar-refractivity contribution >= 4 is 5.96 Å². The van der Waals surface area contributed by atoms with Gasteiger partial charge in [-0.05, 0) is 38.5 Å². The number of hydrogen-bond donors (Lipinski definition) is 3. The van der Waals surface area contributed by atoms with E-state index in [-0.39, 0.29) is 11.3 Å². The zero-order valence-electron chi connectivity index (χ0n) is 15.3. The first kappa shape index (κ1) is 19.5. The van der Waals surface area contributed by atoms with Gasteiger partial charge in [-0.2, -0.15) is 0 Å². The largest absolute Gasteiger partial charge is 0.505 e. The van der Waals surface area contributed by atoms with E-state index in [1.165, 1.54) is 12.1 Å². The Balaban J connectivity index is 1.95. The lowest BCUT2D eigenvalue weighted by Gasteiger charge is -2.41. The molecule has 140 valence electrons. The van der Waals surface area contributed by atoms with Crippen LogP contribution in [0.1, 0.15) is 26.3 Å². The second kappa shape index (κ2) is 9.01. The molecule has 0 atom stereocenters. The van der Waals surface area contributed by atoms with Gasteiger partial charge in [0.25, 0.3) is 0 Å². The normalized spacial score (nSPS) is 16.7. The highest BCUT2D eigenvalue weighted by molar-refractivity contribution is 5.79. The van der Waals surface area contributed by atoms with Crippen molar-refractivity contribution in [2.45, 2.75) is 32.9 Å². The van der Waals surface area contributed by atoms with Crippen molar-refractivity contribution in [2.24, 2.45) is 4.99 Å². The Morgan fingerprint density at radius 3 is 2.68 bits per heavy atom. The van der Waals surface area contributed by atoms with Gasteiger partial charge in [-0.25, -0.2) is 9.38 Å². The van der Waals surface area contributed by atoms with E-state index in [2.05, 4.69) is 34.4 Å². The summed E-state index contributed by atoms with van der Waals surface area (Å²) in [6.45, 7) is 11.6. The highest BCUT2D eigenvalue weighted by Gasteiger charge is 2.28. The standard InChI is InChI=1S/C18H29FN4O2/c1-4-20-17(21-12-14-5-6-16(24)15(19)11-14)22-13-18(2,3)23-7-9-25-10-8-23/h5-6,11,24H,4,7-10,12-13H2,1-3H3,(H2,20,21,22). The summed E-state index contributed by atoms with van der Waals surface area (Å²) in [5.74, 6) is -0.276. The van der Waals surface area contributed by atoms with Crippen LogP contribution < -0.4 is 10.6 Å². The number of halogens is 1. The summed E-state index contributed by atoms with van der Waals surface area (Å²) >= 11 is 0. The molecule has 0 amide bonds. The van der Waals surface area contributed by atoms with Crippen molar-refractivity contribution < 1.29 is 14.2 Å². The van der Waals surface area contributed by atoms with Crippen molar-refractivity contribution in [3.8, 4) is 5.75 Å². The van der Waals surface area contributed by atoms with E-state index in [0.717, 1.165) is 39.4 Å². The summed E-state index contributed by atoms with van der Waals surface area (Å²) in [6, 6.07) is 4.32. The van der Waals surface area contributed by atoms with Crippen LogP contribution in [-0.2, 0) is 11.3 Å². The van der Waals surface area contributed by atoms with E-state index in [1.807, 2.05) is 6.92 Å². The number of guanidine groups is 1. The van der Waals surface area contributed by atoms with Gasteiger partial charge in [0.2, 0.25) is 0 Å². The van der Waals surface area contributed by atoms with Gasteiger partial charge in [-0.1, -0.05) is 6.07 Å². The number of nitrogens with zero attached hydrogens (tertiary/aromatic N) is 2. The Labute approximate surface area is 149 Å². The van der Waals surface area contributed by atoms with E-state index in [0.29, 0.717) is 18.1 Å². The third-order valence-corrected chi connectivity index (χ3v) is 4.33. The number of rotatable bonds is 6. The van der Waals surface area contributed by atoms with Crippen LogP contribution in [0, 0.1) is 5.82 Å². The molecule has 0 unspecified atom stereocenters. The zero-order chi connectivity index (χ0) is 18.3. The molecule has 1 aromatic rings. The molecule has 0 bridgehead atoms. The van der Waals surface area contributed by atoms with Crippen LogP contribution in [0.3, 0.4) is 0 Å². The molecule has 6 nitrogen and oxygen atoms in total. The lowest BCUT2D eigenvalue weighted by Crippen LogP contribution is -2.56. The predicted molar refractivity (Wildman–Crippen MR) is 97.4 cm³/mol. The summed E-state index contributed by atoms with van der Waals surface area (Å²) in [4.78, 5) is 6.91. The molecule has 0 spiro atoms. The van der Waals surface area contributed by atoms with Crippen LogP contribution in [0.5, 0.6) is 5.75 Å². The number of aliphatic imine (C=N–C) groups is 1. The Hall–Kier alpha value is -1.86. The summed E-state index contributed by atoms with van der Waals surface area (Å²) < 4.78 is 18.8. The van der Waals surface area contributed by atoms with E-state index in [1.54, 1.807) is 6.07 Å². The number of morpholine rings is 1. The third-order valence-electron chi connectivity index (χ3n) is 4.33. The molecule has 1 fully saturated rings. The molecule has 25 heavy (non-hydrogen) atoms. The molecular weight excluding hydrogens is 323 g/mol. The van der Waals surface area contributed by atoms with Gasteiger partial charge in [0.05, 0.1) is 19.8 Å². The molecule has 1 heterocycles. The minimum atomic E-state index is -0.626. The maximum atomic E-state index is 13.4. The van der Waals surface area contributed by atoms with Crippen LogP contribution >= 0.6 is 0 Å². The molecule has 0 aromatic heterocycles. The summed E-state index contributed by atoms with van der Waals surface area (Å²) in [5, 5.41) is 15.8. The van der Waals surface area contributed by atoms with E-state index >= 15 is 0 Å². The van der Waals surface area contributed by atoms with Gasteiger partial charge in [-0.3, -0.25) is 4.90 Å². The second-order valence-corrected chi connectivity index (χ2v) is 6.75. The van der Waals surface area contributed by atoms with Crippen molar-refractivity contribution in [3.63, 3.8) is 0 Å². The average Bonchev–Trinajstić information content (AvgIpc) is 2.61. The quantitative estimate of drug-likeness (QED) is 0.537. The fourth-order valence-electron chi connectivity index (χ4n) is 2.74. The lowest BCUT2D eigenvalue weighted by molar-refractivity contribution is -0.00834. The number of aromatic hydroxyl groups is 1. The first-order chi connectivity index (χ1) is 11.9. The van der Waals surface area contributed by atoms with Gasteiger partial charge in [0, 0.05) is 31.7 Å². The third kappa shape index (κ3) is 5.86. The molecule has 7 heteroatoms. The number of nitrogens with one attached hydrogen (secondary N) is 2. The van der Waals surface area contributed by atoms with Crippen LogP contribution in [0.15, 0.2) is 23.2 Å². The van der Waals surface area contributed by atoms with Gasteiger partial charge < -0.3 is 20.5 Å². The van der Waals surface area contributed by atoms with E-state index in [4.69, 9.17) is 4.74 Å². The molecule has 3 N–H and O–H groups in total. The smallest absolute Gasteiger partial charge is 0.191 e. The molecule has 1 aliphatic rings.